The first-order valence-corrected chi connectivity index (χ1v) is 6.05. The second kappa shape index (κ2) is 9.13. The fourth-order valence-electron chi connectivity index (χ4n) is 1.52. The predicted molar refractivity (Wildman–Crippen MR) is 66.3 cm³/mol. The highest BCUT2D eigenvalue weighted by molar-refractivity contribution is 4.68. The highest BCUT2D eigenvalue weighted by Gasteiger charge is 2.12. The van der Waals surface area contributed by atoms with E-state index in [1.807, 2.05) is 7.05 Å². The van der Waals surface area contributed by atoms with Crippen molar-refractivity contribution in [3.8, 4) is 0 Å². The average molecular weight is 216 g/mol. The summed E-state index contributed by atoms with van der Waals surface area (Å²) < 4.78 is 5.14. The van der Waals surface area contributed by atoms with E-state index < -0.39 is 0 Å². The number of nitrogens with one attached hydrogen (secondary N) is 1. The Kier molecular flexibility index (Phi) is 9.06. The number of rotatable bonds is 9. The molecule has 3 heteroatoms. The van der Waals surface area contributed by atoms with E-state index in [4.69, 9.17) is 4.74 Å². The second-order valence-electron chi connectivity index (χ2n) is 4.26. The number of methoxy groups -OCH3 is 1. The standard InChI is InChI=1S/C12H28N2O/c1-6-12(3)14(9-10-15-5)8-7-11(2)13-4/h11-13H,6-10H2,1-5H3. The van der Waals surface area contributed by atoms with Crippen LogP contribution in [-0.2, 0) is 4.74 Å². The topological polar surface area (TPSA) is 24.5 Å². The van der Waals surface area contributed by atoms with Gasteiger partial charge in [-0.15, -0.1) is 0 Å². The van der Waals surface area contributed by atoms with Crippen molar-refractivity contribution in [3.63, 3.8) is 0 Å². The van der Waals surface area contributed by atoms with E-state index >= 15 is 0 Å². The smallest absolute Gasteiger partial charge is 0.0589 e. The van der Waals surface area contributed by atoms with Gasteiger partial charge in [-0.2, -0.15) is 0 Å². The molecule has 0 rings (SSSR count). The molecule has 0 spiro atoms. The van der Waals surface area contributed by atoms with E-state index in [0.717, 1.165) is 19.7 Å². The first-order valence-electron chi connectivity index (χ1n) is 6.05. The summed E-state index contributed by atoms with van der Waals surface area (Å²) >= 11 is 0. The van der Waals surface area contributed by atoms with Gasteiger partial charge in [0.15, 0.2) is 0 Å². The lowest BCUT2D eigenvalue weighted by atomic mass is 10.1. The van der Waals surface area contributed by atoms with E-state index in [1.54, 1.807) is 7.11 Å². The molecule has 0 fully saturated rings. The molecule has 92 valence electrons. The van der Waals surface area contributed by atoms with Crippen molar-refractivity contribution in [2.45, 2.75) is 45.7 Å². The summed E-state index contributed by atoms with van der Waals surface area (Å²) in [5.74, 6) is 0. The molecule has 0 bridgehead atoms. The largest absolute Gasteiger partial charge is 0.383 e. The third-order valence-corrected chi connectivity index (χ3v) is 3.14. The number of ether oxygens (including phenoxy) is 1. The molecule has 0 saturated carbocycles. The summed E-state index contributed by atoms with van der Waals surface area (Å²) in [7, 11) is 3.79. The van der Waals surface area contributed by atoms with Gasteiger partial charge in [-0.25, -0.2) is 0 Å². The van der Waals surface area contributed by atoms with Crippen LogP contribution in [0.3, 0.4) is 0 Å². The highest BCUT2D eigenvalue weighted by atomic mass is 16.5. The molecule has 0 aliphatic rings. The highest BCUT2D eigenvalue weighted by Crippen LogP contribution is 2.05. The zero-order chi connectivity index (χ0) is 11.7. The number of hydrogen-bond acceptors (Lipinski definition) is 3. The monoisotopic (exact) mass is 216 g/mol. The average Bonchev–Trinajstić information content (AvgIpc) is 2.27. The Labute approximate surface area is 95.2 Å². The summed E-state index contributed by atoms with van der Waals surface area (Å²) in [6, 6.07) is 1.25. The third kappa shape index (κ3) is 6.88. The lowest BCUT2D eigenvalue weighted by molar-refractivity contribution is 0.120. The Morgan fingerprint density at radius 1 is 1.27 bits per heavy atom. The van der Waals surface area contributed by atoms with Crippen LogP contribution in [0.15, 0.2) is 0 Å². The van der Waals surface area contributed by atoms with E-state index in [0.29, 0.717) is 12.1 Å². The summed E-state index contributed by atoms with van der Waals surface area (Å²) in [6.07, 6.45) is 2.40. The van der Waals surface area contributed by atoms with Gasteiger partial charge in [0.25, 0.3) is 0 Å². The fourth-order valence-corrected chi connectivity index (χ4v) is 1.52. The molecular formula is C12H28N2O. The first-order chi connectivity index (χ1) is 7.15. The van der Waals surface area contributed by atoms with Gasteiger partial charge in [0.1, 0.15) is 0 Å². The molecule has 0 heterocycles. The van der Waals surface area contributed by atoms with Crippen molar-refractivity contribution in [2.24, 2.45) is 0 Å². The molecule has 0 radical (unpaired) electrons. The Morgan fingerprint density at radius 3 is 2.40 bits per heavy atom. The van der Waals surface area contributed by atoms with Gasteiger partial charge in [-0.1, -0.05) is 6.92 Å². The van der Waals surface area contributed by atoms with Crippen LogP contribution in [0, 0.1) is 0 Å². The molecule has 0 aromatic carbocycles. The van der Waals surface area contributed by atoms with Crippen LogP contribution in [-0.4, -0.2) is 50.8 Å². The maximum atomic E-state index is 5.14. The molecule has 2 unspecified atom stereocenters. The molecule has 0 aromatic rings. The Bertz CT molecular complexity index is 142. The van der Waals surface area contributed by atoms with Crippen molar-refractivity contribution < 1.29 is 4.74 Å². The molecule has 0 saturated heterocycles. The quantitative estimate of drug-likeness (QED) is 0.635. The van der Waals surface area contributed by atoms with E-state index in [1.165, 1.54) is 12.8 Å². The van der Waals surface area contributed by atoms with Gasteiger partial charge >= 0.3 is 0 Å². The summed E-state index contributed by atoms with van der Waals surface area (Å²) in [6.45, 7) is 9.79. The van der Waals surface area contributed by atoms with E-state index in [9.17, 15) is 0 Å². The van der Waals surface area contributed by atoms with Crippen LogP contribution in [0.4, 0.5) is 0 Å². The van der Waals surface area contributed by atoms with Gasteiger partial charge in [0, 0.05) is 25.7 Å². The minimum atomic E-state index is 0.596. The predicted octanol–water partition coefficient (Wildman–Crippen LogP) is 1.73. The Balaban J connectivity index is 3.89. The fraction of sp³-hybridized carbons (Fsp3) is 1.00. The summed E-state index contributed by atoms with van der Waals surface area (Å²) in [5, 5.41) is 3.28. The van der Waals surface area contributed by atoms with Gasteiger partial charge in [0.2, 0.25) is 0 Å². The van der Waals surface area contributed by atoms with E-state index in [-0.39, 0.29) is 0 Å². The zero-order valence-corrected chi connectivity index (χ0v) is 11.0. The minimum absolute atomic E-state index is 0.596. The lowest BCUT2D eigenvalue weighted by Gasteiger charge is -2.29. The first kappa shape index (κ1) is 14.9. The maximum absolute atomic E-state index is 5.14. The lowest BCUT2D eigenvalue weighted by Crippen LogP contribution is -2.38. The molecule has 3 nitrogen and oxygen atoms in total. The Morgan fingerprint density at radius 2 is 1.93 bits per heavy atom. The number of hydrogen-bond donors (Lipinski definition) is 1. The van der Waals surface area contributed by atoms with Gasteiger partial charge < -0.3 is 10.1 Å². The van der Waals surface area contributed by atoms with Crippen molar-refractivity contribution in [1.29, 1.82) is 0 Å². The van der Waals surface area contributed by atoms with Crippen LogP contribution >= 0.6 is 0 Å². The van der Waals surface area contributed by atoms with Crippen molar-refractivity contribution in [1.82, 2.24) is 10.2 Å². The van der Waals surface area contributed by atoms with Crippen LogP contribution in [0.25, 0.3) is 0 Å². The third-order valence-electron chi connectivity index (χ3n) is 3.14. The van der Waals surface area contributed by atoms with Crippen molar-refractivity contribution in [2.75, 3.05) is 33.9 Å². The van der Waals surface area contributed by atoms with E-state index in [2.05, 4.69) is 31.0 Å². The normalized spacial score (nSPS) is 15.6. The van der Waals surface area contributed by atoms with Gasteiger partial charge in [0.05, 0.1) is 6.61 Å². The second-order valence-corrected chi connectivity index (χ2v) is 4.26. The zero-order valence-electron chi connectivity index (χ0n) is 11.0. The molecule has 0 aliphatic heterocycles. The molecule has 0 amide bonds. The van der Waals surface area contributed by atoms with Crippen molar-refractivity contribution >= 4 is 0 Å². The van der Waals surface area contributed by atoms with Crippen LogP contribution in [0.2, 0.25) is 0 Å². The number of nitrogens with zero attached hydrogens (tertiary/aromatic N) is 1. The molecular weight excluding hydrogens is 188 g/mol. The van der Waals surface area contributed by atoms with Gasteiger partial charge in [-0.3, -0.25) is 4.90 Å². The minimum Gasteiger partial charge on any atom is -0.383 e. The molecule has 0 aromatic heterocycles. The summed E-state index contributed by atoms with van der Waals surface area (Å²) in [5.41, 5.74) is 0. The Hall–Kier alpha value is -0.120. The SMILES string of the molecule is CCC(C)N(CCOC)CCC(C)NC. The van der Waals surface area contributed by atoms with Crippen LogP contribution < -0.4 is 5.32 Å². The summed E-state index contributed by atoms with van der Waals surface area (Å²) in [4.78, 5) is 2.51. The molecule has 15 heavy (non-hydrogen) atoms. The van der Waals surface area contributed by atoms with Crippen LogP contribution in [0.1, 0.15) is 33.6 Å². The molecule has 0 aliphatic carbocycles. The van der Waals surface area contributed by atoms with Gasteiger partial charge in [-0.05, 0) is 40.3 Å². The van der Waals surface area contributed by atoms with Crippen molar-refractivity contribution in [3.05, 3.63) is 0 Å². The molecule has 1 N–H and O–H groups in total. The maximum Gasteiger partial charge on any atom is 0.0589 e. The molecule has 2 atom stereocenters. The van der Waals surface area contributed by atoms with Crippen LogP contribution in [0.5, 0.6) is 0 Å².